The lowest BCUT2D eigenvalue weighted by molar-refractivity contribution is 0.369. The van der Waals surface area contributed by atoms with E-state index >= 15 is 0 Å². The zero-order valence-electron chi connectivity index (χ0n) is 15.3. The van der Waals surface area contributed by atoms with Crippen LogP contribution in [0.2, 0.25) is 0 Å². The monoisotopic (exact) mass is 328 g/mol. The smallest absolute Gasteiger partial charge is 0.190 e. The summed E-state index contributed by atoms with van der Waals surface area (Å²) in [5.41, 5.74) is 3.39. The highest BCUT2D eigenvalue weighted by molar-refractivity contribution is 5.75. The molecule has 2 aromatic rings. The number of rotatable bonds is 6. The van der Waals surface area contributed by atoms with Gasteiger partial charge in [0.25, 0.3) is 0 Å². The number of aromatic nitrogens is 1. The molecule has 0 amide bonds. The van der Waals surface area contributed by atoms with E-state index in [9.17, 15) is 0 Å². The van der Waals surface area contributed by atoms with Crippen LogP contribution in [0.4, 0.5) is 0 Å². The lowest BCUT2D eigenvalue weighted by Gasteiger charge is -2.13. The number of benzene rings is 1. The van der Waals surface area contributed by atoms with Crippen LogP contribution in [0.3, 0.4) is 0 Å². The molecule has 0 aliphatic carbocycles. The summed E-state index contributed by atoms with van der Waals surface area (Å²) in [6, 6.07) is 10.7. The lowest BCUT2D eigenvalue weighted by atomic mass is 9.95. The lowest BCUT2D eigenvalue weighted by Crippen LogP contribution is -2.34. The molecule has 0 fully saturated rings. The van der Waals surface area contributed by atoms with Crippen LogP contribution in [0.25, 0.3) is 0 Å². The van der Waals surface area contributed by atoms with E-state index in [1.54, 1.807) is 4.90 Å². The molecule has 1 unspecified atom stereocenters. The molecule has 130 valence electrons. The van der Waals surface area contributed by atoms with Crippen molar-refractivity contribution in [3.05, 3.63) is 52.9 Å². The van der Waals surface area contributed by atoms with E-state index in [1.807, 2.05) is 20.2 Å². The topological polar surface area (TPSA) is 65.2 Å². The summed E-state index contributed by atoms with van der Waals surface area (Å²) in [5.74, 6) is 2.03. The second kappa shape index (κ2) is 7.99. The Labute approximate surface area is 144 Å². The van der Waals surface area contributed by atoms with Crippen LogP contribution in [0.5, 0.6) is 0 Å². The summed E-state index contributed by atoms with van der Waals surface area (Å²) in [6.07, 6.45) is 1.10. The van der Waals surface area contributed by atoms with E-state index < -0.39 is 0 Å². The predicted octanol–water partition coefficient (Wildman–Crippen LogP) is 3.61. The van der Waals surface area contributed by atoms with Gasteiger partial charge in [-0.05, 0) is 23.5 Å². The van der Waals surface area contributed by atoms with Crippen molar-refractivity contribution in [2.45, 2.75) is 39.7 Å². The third-order valence-corrected chi connectivity index (χ3v) is 4.01. The number of guanidine groups is 1. The predicted molar refractivity (Wildman–Crippen MR) is 97.3 cm³/mol. The van der Waals surface area contributed by atoms with E-state index in [1.165, 1.54) is 11.1 Å². The molecule has 1 heterocycles. The zero-order chi connectivity index (χ0) is 17.7. The Hall–Kier alpha value is -2.30. The minimum absolute atomic E-state index is 0.160. The van der Waals surface area contributed by atoms with E-state index in [4.69, 9.17) is 9.93 Å². The molecule has 5 heteroatoms. The molecule has 0 spiro atoms. The van der Waals surface area contributed by atoms with Gasteiger partial charge < -0.3 is 14.7 Å². The fraction of sp³-hybridized carbons (Fsp3) is 0.474. The molecule has 24 heavy (non-hydrogen) atoms. The first-order valence-corrected chi connectivity index (χ1v) is 8.41. The van der Waals surface area contributed by atoms with Gasteiger partial charge in [-0.2, -0.15) is 0 Å². The SMILES string of the molecule is CC(C)Cc1ccc(C(C)c2cc(CNC(=N)N(C)C)no2)cc1. The van der Waals surface area contributed by atoms with Crippen LogP contribution in [0, 0.1) is 11.3 Å². The maximum absolute atomic E-state index is 7.74. The first-order valence-electron chi connectivity index (χ1n) is 8.41. The molecule has 1 aromatic carbocycles. The van der Waals surface area contributed by atoms with Crippen molar-refractivity contribution in [3.63, 3.8) is 0 Å². The number of nitrogens with zero attached hydrogens (tertiary/aromatic N) is 2. The Bertz CT molecular complexity index is 658. The largest absolute Gasteiger partial charge is 0.360 e. The summed E-state index contributed by atoms with van der Waals surface area (Å²) in [6.45, 7) is 7.07. The standard InChI is InChI=1S/C19H28N4O/c1-13(2)10-15-6-8-16(9-7-15)14(3)18-11-17(22-24-18)12-21-19(20)23(4)5/h6-9,11,13-14H,10,12H2,1-5H3,(H2,20,21). The molecule has 0 aliphatic heterocycles. The highest BCUT2D eigenvalue weighted by Gasteiger charge is 2.15. The molecule has 1 aromatic heterocycles. The molecule has 5 nitrogen and oxygen atoms in total. The molecule has 2 rings (SSSR count). The second-order valence-corrected chi connectivity index (χ2v) is 6.88. The Morgan fingerprint density at radius 2 is 1.88 bits per heavy atom. The minimum Gasteiger partial charge on any atom is -0.360 e. The second-order valence-electron chi connectivity index (χ2n) is 6.88. The van der Waals surface area contributed by atoms with E-state index in [0.29, 0.717) is 18.4 Å². The first-order chi connectivity index (χ1) is 11.4. The van der Waals surface area contributed by atoms with Crippen LogP contribution in [-0.4, -0.2) is 30.1 Å². The van der Waals surface area contributed by atoms with Crippen molar-refractivity contribution in [1.82, 2.24) is 15.4 Å². The van der Waals surface area contributed by atoms with Crippen molar-refractivity contribution in [3.8, 4) is 0 Å². The number of hydrogen-bond donors (Lipinski definition) is 2. The van der Waals surface area contributed by atoms with Gasteiger partial charge in [-0.15, -0.1) is 0 Å². The average Bonchev–Trinajstić information content (AvgIpc) is 3.01. The van der Waals surface area contributed by atoms with Gasteiger partial charge in [0.2, 0.25) is 0 Å². The quantitative estimate of drug-likeness (QED) is 0.628. The molecular formula is C19H28N4O. The maximum Gasteiger partial charge on any atom is 0.190 e. The van der Waals surface area contributed by atoms with Crippen molar-refractivity contribution >= 4 is 5.96 Å². The number of nitrogens with one attached hydrogen (secondary N) is 2. The van der Waals surface area contributed by atoms with Crippen LogP contribution in [0.15, 0.2) is 34.9 Å². The van der Waals surface area contributed by atoms with Crippen molar-refractivity contribution in [1.29, 1.82) is 5.41 Å². The van der Waals surface area contributed by atoms with Gasteiger partial charge in [-0.3, -0.25) is 5.41 Å². The first kappa shape index (κ1) is 18.0. The van der Waals surface area contributed by atoms with E-state index in [0.717, 1.165) is 17.9 Å². The fourth-order valence-electron chi connectivity index (χ4n) is 2.53. The normalized spacial score (nSPS) is 12.2. The van der Waals surface area contributed by atoms with Gasteiger partial charge in [0.1, 0.15) is 11.5 Å². The van der Waals surface area contributed by atoms with Gasteiger partial charge >= 0.3 is 0 Å². The Kier molecular flexibility index (Phi) is 6.01. The molecule has 2 N–H and O–H groups in total. The Balaban J connectivity index is 2.00. The third-order valence-electron chi connectivity index (χ3n) is 4.01. The van der Waals surface area contributed by atoms with Gasteiger partial charge in [-0.1, -0.05) is 50.2 Å². The molecule has 0 aliphatic rings. The summed E-state index contributed by atoms with van der Waals surface area (Å²) in [5, 5.41) is 14.8. The highest BCUT2D eigenvalue weighted by atomic mass is 16.5. The minimum atomic E-state index is 0.160. The summed E-state index contributed by atoms with van der Waals surface area (Å²) in [4.78, 5) is 1.71. The number of hydrogen-bond acceptors (Lipinski definition) is 3. The Morgan fingerprint density at radius 1 is 1.21 bits per heavy atom. The molecule has 0 radical (unpaired) electrons. The molecular weight excluding hydrogens is 300 g/mol. The molecule has 0 saturated carbocycles. The van der Waals surface area contributed by atoms with Gasteiger partial charge in [0, 0.05) is 26.1 Å². The van der Waals surface area contributed by atoms with Gasteiger partial charge in [0.05, 0.1) is 6.54 Å². The fourth-order valence-corrected chi connectivity index (χ4v) is 2.53. The summed E-state index contributed by atoms with van der Waals surface area (Å²) in [7, 11) is 3.66. The van der Waals surface area contributed by atoms with Crippen LogP contribution >= 0.6 is 0 Å². The van der Waals surface area contributed by atoms with Crippen LogP contribution in [0.1, 0.15) is 49.3 Å². The van der Waals surface area contributed by atoms with Crippen LogP contribution < -0.4 is 5.32 Å². The summed E-state index contributed by atoms with van der Waals surface area (Å²) < 4.78 is 5.49. The average molecular weight is 328 g/mol. The molecule has 1 atom stereocenters. The van der Waals surface area contributed by atoms with Gasteiger partial charge in [-0.25, -0.2) is 0 Å². The highest BCUT2D eigenvalue weighted by Crippen LogP contribution is 2.25. The van der Waals surface area contributed by atoms with Crippen molar-refractivity contribution < 1.29 is 4.52 Å². The maximum atomic E-state index is 7.74. The third kappa shape index (κ3) is 4.85. The zero-order valence-corrected chi connectivity index (χ0v) is 15.3. The van der Waals surface area contributed by atoms with E-state index in [2.05, 4.69) is 55.5 Å². The van der Waals surface area contributed by atoms with Crippen molar-refractivity contribution in [2.24, 2.45) is 5.92 Å². The summed E-state index contributed by atoms with van der Waals surface area (Å²) >= 11 is 0. The molecule has 0 bridgehead atoms. The molecule has 0 saturated heterocycles. The van der Waals surface area contributed by atoms with Gasteiger partial charge in [0.15, 0.2) is 5.96 Å². The van der Waals surface area contributed by atoms with E-state index in [-0.39, 0.29) is 5.92 Å². The Morgan fingerprint density at radius 3 is 2.46 bits per heavy atom. The van der Waals surface area contributed by atoms with Crippen molar-refractivity contribution in [2.75, 3.05) is 14.1 Å². The van der Waals surface area contributed by atoms with Crippen LogP contribution in [-0.2, 0) is 13.0 Å².